The number of hydrogen-bond donors (Lipinski definition) is 2. The summed E-state index contributed by atoms with van der Waals surface area (Å²) in [4.78, 5) is 10.4. The Morgan fingerprint density at radius 1 is 1.60 bits per heavy atom. The molecule has 0 saturated heterocycles. The third kappa shape index (κ3) is 3.49. The topological polar surface area (TPSA) is 63.3 Å². The normalized spacial score (nSPS) is 14.6. The monoisotopic (exact) mass is 231 g/mol. The summed E-state index contributed by atoms with van der Waals surface area (Å²) >= 11 is 5.67. The number of carboxylic acids is 1. The number of carboxylic acid groups (broad SMARTS) is 1. The molecule has 0 amide bonds. The summed E-state index contributed by atoms with van der Waals surface area (Å²) in [5.74, 6) is -1.21. The number of carbonyl (C=O) groups is 1. The van der Waals surface area contributed by atoms with E-state index < -0.39 is 18.2 Å². The van der Waals surface area contributed by atoms with Gasteiger partial charge < -0.3 is 10.8 Å². The second kappa shape index (κ2) is 5.09. The van der Waals surface area contributed by atoms with Crippen LogP contribution in [0.3, 0.4) is 0 Å². The first-order chi connectivity index (χ1) is 7.00. The number of aliphatic carboxylic acids is 1. The zero-order valence-corrected chi connectivity index (χ0v) is 8.62. The van der Waals surface area contributed by atoms with Crippen LogP contribution in [0.5, 0.6) is 0 Å². The minimum Gasteiger partial charge on any atom is -0.480 e. The summed E-state index contributed by atoms with van der Waals surface area (Å²) in [6.45, 7) is 0. The first kappa shape index (κ1) is 11.9. The SMILES string of the molecule is NC(CC(F)c1cccc(Cl)c1)C(=O)O. The Morgan fingerprint density at radius 3 is 2.80 bits per heavy atom. The minimum absolute atomic E-state index is 0.254. The van der Waals surface area contributed by atoms with Crippen LogP contribution in [0.2, 0.25) is 5.02 Å². The highest BCUT2D eigenvalue weighted by atomic mass is 35.5. The molecule has 0 radical (unpaired) electrons. The zero-order chi connectivity index (χ0) is 11.4. The quantitative estimate of drug-likeness (QED) is 0.835. The number of halogens is 2. The summed E-state index contributed by atoms with van der Waals surface area (Å²) in [7, 11) is 0. The van der Waals surface area contributed by atoms with Crippen LogP contribution >= 0.6 is 11.6 Å². The van der Waals surface area contributed by atoms with Gasteiger partial charge in [-0.15, -0.1) is 0 Å². The van der Waals surface area contributed by atoms with Gasteiger partial charge in [0.2, 0.25) is 0 Å². The van der Waals surface area contributed by atoms with Crippen LogP contribution in [0, 0.1) is 0 Å². The molecule has 0 aliphatic heterocycles. The van der Waals surface area contributed by atoms with Gasteiger partial charge in [0, 0.05) is 11.4 Å². The first-order valence-electron chi connectivity index (χ1n) is 4.38. The molecule has 2 atom stereocenters. The Bertz CT molecular complexity index is 359. The van der Waals surface area contributed by atoms with E-state index in [2.05, 4.69) is 0 Å². The fourth-order valence-electron chi connectivity index (χ4n) is 1.16. The second-order valence-electron chi connectivity index (χ2n) is 3.20. The van der Waals surface area contributed by atoms with Crippen molar-refractivity contribution in [3.8, 4) is 0 Å². The molecule has 1 rings (SSSR count). The predicted octanol–water partition coefficient (Wildman–Crippen LogP) is 2.15. The van der Waals surface area contributed by atoms with Gasteiger partial charge in [0.1, 0.15) is 12.2 Å². The van der Waals surface area contributed by atoms with E-state index in [1.165, 1.54) is 6.07 Å². The van der Waals surface area contributed by atoms with Crippen LogP contribution < -0.4 is 5.73 Å². The van der Waals surface area contributed by atoms with Gasteiger partial charge >= 0.3 is 5.97 Å². The largest absolute Gasteiger partial charge is 0.480 e. The predicted molar refractivity (Wildman–Crippen MR) is 55.5 cm³/mol. The van der Waals surface area contributed by atoms with Crippen molar-refractivity contribution < 1.29 is 14.3 Å². The molecule has 0 saturated carbocycles. The Kier molecular flexibility index (Phi) is 4.05. The van der Waals surface area contributed by atoms with E-state index in [4.69, 9.17) is 22.4 Å². The lowest BCUT2D eigenvalue weighted by Gasteiger charge is -2.11. The molecule has 15 heavy (non-hydrogen) atoms. The third-order valence-electron chi connectivity index (χ3n) is 1.99. The van der Waals surface area contributed by atoms with Crippen LogP contribution in [0.15, 0.2) is 24.3 Å². The number of hydrogen-bond acceptors (Lipinski definition) is 2. The lowest BCUT2D eigenvalue weighted by molar-refractivity contribution is -0.139. The minimum atomic E-state index is -1.41. The molecule has 0 aromatic heterocycles. The van der Waals surface area contributed by atoms with Crippen molar-refractivity contribution in [2.24, 2.45) is 5.73 Å². The van der Waals surface area contributed by atoms with Crippen LogP contribution in [0.25, 0.3) is 0 Å². The van der Waals surface area contributed by atoms with Crippen molar-refractivity contribution in [3.05, 3.63) is 34.9 Å². The fraction of sp³-hybridized carbons (Fsp3) is 0.300. The highest BCUT2D eigenvalue weighted by Gasteiger charge is 2.19. The molecule has 0 fully saturated rings. The maximum Gasteiger partial charge on any atom is 0.320 e. The molecule has 0 aliphatic carbocycles. The number of alkyl halides is 1. The van der Waals surface area contributed by atoms with E-state index in [9.17, 15) is 9.18 Å². The number of nitrogens with two attached hydrogens (primary N) is 1. The molecule has 3 nitrogen and oxygen atoms in total. The number of benzene rings is 1. The van der Waals surface area contributed by atoms with Gasteiger partial charge in [-0.2, -0.15) is 0 Å². The molecule has 0 aliphatic rings. The molecule has 0 heterocycles. The van der Waals surface area contributed by atoms with Crippen molar-refractivity contribution in [2.75, 3.05) is 0 Å². The standard InChI is InChI=1S/C10H11ClFNO2/c11-7-3-1-2-6(4-7)8(12)5-9(13)10(14)15/h1-4,8-9H,5,13H2,(H,14,15). The zero-order valence-electron chi connectivity index (χ0n) is 7.86. The summed E-state index contributed by atoms with van der Waals surface area (Å²) in [5.41, 5.74) is 5.57. The smallest absolute Gasteiger partial charge is 0.320 e. The lowest BCUT2D eigenvalue weighted by Crippen LogP contribution is -2.31. The second-order valence-corrected chi connectivity index (χ2v) is 3.64. The molecular weight excluding hydrogens is 221 g/mol. The van der Waals surface area contributed by atoms with Crippen molar-refractivity contribution in [1.82, 2.24) is 0 Å². The van der Waals surface area contributed by atoms with Gasteiger partial charge in [0.25, 0.3) is 0 Å². The Labute approximate surface area is 91.7 Å². The van der Waals surface area contributed by atoms with Crippen molar-refractivity contribution >= 4 is 17.6 Å². The van der Waals surface area contributed by atoms with Gasteiger partial charge in [-0.25, -0.2) is 4.39 Å². The van der Waals surface area contributed by atoms with Crippen LogP contribution in [0.4, 0.5) is 4.39 Å². The third-order valence-corrected chi connectivity index (χ3v) is 2.22. The Hall–Kier alpha value is -1.13. The van der Waals surface area contributed by atoms with Crippen molar-refractivity contribution in [2.45, 2.75) is 18.6 Å². The first-order valence-corrected chi connectivity index (χ1v) is 4.76. The average Bonchev–Trinajstić information content (AvgIpc) is 2.17. The molecule has 0 spiro atoms. The van der Waals surface area contributed by atoms with E-state index in [1.54, 1.807) is 18.2 Å². The lowest BCUT2D eigenvalue weighted by atomic mass is 10.0. The molecule has 2 unspecified atom stereocenters. The molecular formula is C10H11ClFNO2. The molecule has 1 aromatic carbocycles. The van der Waals surface area contributed by atoms with E-state index in [0.29, 0.717) is 10.6 Å². The summed E-state index contributed by atoms with van der Waals surface area (Å²) < 4.78 is 13.5. The maximum atomic E-state index is 13.5. The van der Waals surface area contributed by atoms with Gasteiger partial charge in [-0.3, -0.25) is 4.79 Å². The summed E-state index contributed by atoms with van der Waals surface area (Å²) in [5, 5.41) is 8.93. The van der Waals surface area contributed by atoms with Crippen LogP contribution in [-0.4, -0.2) is 17.1 Å². The average molecular weight is 232 g/mol. The van der Waals surface area contributed by atoms with Gasteiger partial charge in [-0.1, -0.05) is 23.7 Å². The fourth-order valence-corrected chi connectivity index (χ4v) is 1.36. The maximum absolute atomic E-state index is 13.5. The van der Waals surface area contributed by atoms with E-state index in [1.807, 2.05) is 0 Å². The molecule has 0 bridgehead atoms. The van der Waals surface area contributed by atoms with E-state index in [-0.39, 0.29) is 6.42 Å². The van der Waals surface area contributed by atoms with Crippen LogP contribution in [0.1, 0.15) is 18.2 Å². The number of rotatable bonds is 4. The highest BCUT2D eigenvalue weighted by Crippen LogP contribution is 2.24. The molecule has 82 valence electrons. The molecule has 1 aromatic rings. The van der Waals surface area contributed by atoms with E-state index >= 15 is 0 Å². The van der Waals surface area contributed by atoms with Crippen molar-refractivity contribution in [3.63, 3.8) is 0 Å². The van der Waals surface area contributed by atoms with Crippen molar-refractivity contribution in [1.29, 1.82) is 0 Å². The highest BCUT2D eigenvalue weighted by molar-refractivity contribution is 6.30. The van der Waals surface area contributed by atoms with Gasteiger partial charge in [0.15, 0.2) is 0 Å². The Balaban J connectivity index is 2.68. The van der Waals surface area contributed by atoms with Gasteiger partial charge in [-0.05, 0) is 17.7 Å². The summed E-state index contributed by atoms with van der Waals surface area (Å²) in [6, 6.07) is 5.04. The van der Waals surface area contributed by atoms with Gasteiger partial charge in [0.05, 0.1) is 0 Å². The Morgan fingerprint density at radius 2 is 2.27 bits per heavy atom. The van der Waals surface area contributed by atoms with E-state index in [0.717, 1.165) is 0 Å². The molecule has 3 N–H and O–H groups in total. The van der Waals surface area contributed by atoms with Crippen LogP contribution in [-0.2, 0) is 4.79 Å². The molecule has 5 heteroatoms. The summed E-state index contributed by atoms with van der Waals surface area (Å²) in [6.07, 6.45) is -1.66.